The maximum Gasteiger partial charge on any atom is 0.257 e. The van der Waals surface area contributed by atoms with Crippen molar-refractivity contribution in [2.45, 2.75) is 20.8 Å². The molecular weight excluding hydrogens is 324 g/mol. The number of carbonyl (C=O) groups excluding carboxylic acids is 2. The number of amides is 2. The van der Waals surface area contributed by atoms with Gasteiger partial charge >= 0.3 is 0 Å². The summed E-state index contributed by atoms with van der Waals surface area (Å²) in [5.41, 5.74) is 2.31. The number of rotatable bonds is 5. The molecule has 0 aliphatic heterocycles. The smallest absolute Gasteiger partial charge is 0.257 e. The highest BCUT2D eigenvalue weighted by Crippen LogP contribution is 2.22. The van der Waals surface area contributed by atoms with E-state index in [1.54, 1.807) is 41.3 Å². The molecule has 0 saturated carbocycles. The van der Waals surface area contributed by atoms with Crippen molar-refractivity contribution in [3.8, 4) is 0 Å². The Balaban J connectivity index is 2.30. The summed E-state index contributed by atoms with van der Waals surface area (Å²) in [6.07, 6.45) is 0. The number of benzene rings is 2. The predicted molar refractivity (Wildman–Crippen MR) is 97.8 cm³/mol. The lowest BCUT2D eigenvalue weighted by atomic mass is 10.1. The van der Waals surface area contributed by atoms with Crippen molar-refractivity contribution in [2.75, 3.05) is 18.4 Å². The molecule has 0 atom stereocenters. The number of anilines is 1. The van der Waals surface area contributed by atoms with Crippen molar-refractivity contribution in [3.63, 3.8) is 0 Å². The van der Waals surface area contributed by atoms with Crippen LogP contribution >= 0.6 is 11.6 Å². The number of halogens is 1. The maximum atomic E-state index is 12.6. The highest BCUT2D eigenvalue weighted by Gasteiger charge is 2.18. The second kappa shape index (κ2) is 7.97. The lowest BCUT2D eigenvalue weighted by molar-refractivity contribution is 0.0774. The molecule has 126 valence electrons. The van der Waals surface area contributed by atoms with Crippen molar-refractivity contribution in [2.24, 2.45) is 0 Å². The highest BCUT2D eigenvalue weighted by molar-refractivity contribution is 6.34. The summed E-state index contributed by atoms with van der Waals surface area (Å²) in [6.45, 7) is 6.98. The molecule has 0 unspecified atom stereocenters. The van der Waals surface area contributed by atoms with E-state index in [1.165, 1.54) is 0 Å². The minimum absolute atomic E-state index is 0.106. The van der Waals surface area contributed by atoms with Gasteiger partial charge in [0.1, 0.15) is 0 Å². The van der Waals surface area contributed by atoms with Crippen LogP contribution in [0.3, 0.4) is 0 Å². The van der Waals surface area contributed by atoms with E-state index < -0.39 is 0 Å². The fourth-order valence-corrected chi connectivity index (χ4v) is 2.77. The van der Waals surface area contributed by atoms with Crippen LogP contribution in [0.5, 0.6) is 0 Å². The summed E-state index contributed by atoms with van der Waals surface area (Å²) in [6, 6.07) is 12.2. The zero-order valence-corrected chi connectivity index (χ0v) is 14.9. The van der Waals surface area contributed by atoms with Gasteiger partial charge in [-0.2, -0.15) is 0 Å². The molecule has 0 heterocycles. The quantitative estimate of drug-likeness (QED) is 0.874. The van der Waals surface area contributed by atoms with Crippen molar-refractivity contribution in [1.29, 1.82) is 0 Å². The van der Waals surface area contributed by atoms with E-state index in [2.05, 4.69) is 5.32 Å². The SMILES string of the molecule is CCN(CC)C(=O)c1ccccc1NC(=O)c1ccc(C)cc1Cl. The molecule has 24 heavy (non-hydrogen) atoms. The zero-order valence-electron chi connectivity index (χ0n) is 14.1. The number of nitrogens with zero attached hydrogens (tertiary/aromatic N) is 1. The van der Waals surface area contributed by atoms with Gasteiger partial charge in [0.25, 0.3) is 11.8 Å². The molecule has 0 aliphatic rings. The molecule has 5 heteroatoms. The Hall–Kier alpha value is -2.33. The molecule has 2 amide bonds. The number of para-hydroxylation sites is 1. The Kier molecular flexibility index (Phi) is 5.99. The average Bonchev–Trinajstić information content (AvgIpc) is 2.56. The first kappa shape index (κ1) is 18.0. The summed E-state index contributed by atoms with van der Waals surface area (Å²) >= 11 is 6.15. The van der Waals surface area contributed by atoms with Gasteiger partial charge in [-0.15, -0.1) is 0 Å². The van der Waals surface area contributed by atoms with Gasteiger partial charge in [-0.25, -0.2) is 0 Å². The lowest BCUT2D eigenvalue weighted by Crippen LogP contribution is -2.31. The van der Waals surface area contributed by atoms with Crippen LogP contribution in [-0.4, -0.2) is 29.8 Å². The largest absolute Gasteiger partial charge is 0.339 e. The molecule has 0 aliphatic carbocycles. The van der Waals surface area contributed by atoms with Crippen molar-refractivity contribution < 1.29 is 9.59 Å². The van der Waals surface area contributed by atoms with Gasteiger partial charge in [0.15, 0.2) is 0 Å². The average molecular weight is 345 g/mol. The fourth-order valence-electron chi connectivity index (χ4n) is 2.45. The summed E-state index contributed by atoms with van der Waals surface area (Å²) in [5, 5.41) is 3.19. The molecule has 0 radical (unpaired) electrons. The van der Waals surface area contributed by atoms with E-state index in [0.717, 1.165) is 5.56 Å². The molecule has 4 nitrogen and oxygen atoms in total. The molecule has 1 N–H and O–H groups in total. The van der Waals surface area contributed by atoms with E-state index in [4.69, 9.17) is 11.6 Å². The molecule has 2 aromatic rings. The summed E-state index contributed by atoms with van der Waals surface area (Å²) in [7, 11) is 0. The molecule has 0 aromatic heterocycles. The van der Waals surface area contributed by atoms with E-state index in [-0.39, 0.29) is 11.8 Å². The van der Waals surface area contributed by atoms with Crippen molar-refractivity contribution in [1.82, 2.24) is 4.90 Å². The predicted octanol–water partition coefficient (Wildman–Crippen LogP) is 4.38. The van der Waals surface area contributed by atoms with Crippen LogP contribution in [-0.2, 0) is 0 Å². The minimum atomic E-state index is -0.334. The van der Waals surface area contributed by atoms with E-state index in [0.29, 0.717) is 34.9 Å². The van der Waals surface area contributed by atoms with E-state index in [9.17, 15) is 9.59 Å². The van der Waals surface area contributed by atoms with Crippen LogP contribution in [0.1, 0.15) is 40.1 Å². The van der Waals surface area contributed by atoms with E-state index in [1.807, 2.05) is 26.8 Å². The normalized spacial score (nSPS) is 10.3. The Bertz CT molecular complexity index is 755. The fraction of sp³-hybridized carbons (Fsp3) is 0.263. The molecule has 2 aromatic carbocycles. The summed E-state index contributed by atoms with van der Waals surface area (Å²) in [5.74, 6) is -0.439. The van der Waals surface area contributed by atoms with Crippen LogP contribution in [0.15, 0.2) is 42.5 Å². The first-order valence-corrected chi connectivity index (χ1v) is 8.31. The molecule has 0 saturated heterocycles. The number of carbonyl (C=O) groups is 2. The Labute approximate surface area is 147 Å². The van der Waals surface area contributed by atoms with Crippen LogP contribution in [0.2, 0.25) is 5.02 Å². The third-order valence-electron chi connectivity index (χ3n) is 3.83. The summed E-state index contributed by atoms with van der Waals surface area (Å²) < 4.78 is 0. The van der Waals surface area contributed by atoms with Crippen LogP contribution in [0.25, 0.3) is 0 Å². The maximum absolute atomic E-state index is 12.6. The van der Waals surface area contributed by atoms with Gasteiger partial charge in [-0.1, -0.05) is 29.8 Å². The van der Waals surface area contributed by atoms with Crippen molar-refractivity contribution in [3.05, 3.63) is 64.2 Å². The molecule has 2 rings (SSSR count). The first-order chi connectivity index (χ1) is 11.5. The van der Waals surface area contributed by atoms with Gasteiger partial charge in [0, 0.05) is 13.1 Å². The topological polar surface area (TPSA) is 49.4 Å². The van der Waals surface area contributed by atoms with Crippen LogP contribution < -0.4 is 5.32 Å². The van der Waals surface area contributed by atoms with Crippen molar-refractivity contribution >= 4 is 29.1 Å². The lowest BCUT2D eigenvalue weighted by Gasteiger charge is -2.20. The van der Waals surface area contributed by atoms with Gasteiger partial charge < -0.3 is 10.2 Å². The highest BCUT2D eigenvalue weighted by atomic mass is 35.5. The number of nitrogens with one attached hydrogen (secondary N) is 1. The Morgan fingerprint density at radius 1 is 1.04 bits per heavy atom. The van der Waals surface area contributed by atoms with E-state index >= 15 is 0 Å². The van der Waals surface area contributed by atoms with Gasteiger partial charge in [0.2, 0.25) is 0 Å². The monoisotopic (exact) mass is 344 g/mol. The van der Waals surface area contributed by atoms with Gasteiger partial charge in [-0.3, -0.25) is 9.59 Å². The molecule has 0 bridgehead atoms. The number of hydrogen-bond acceptors (Lipinski definition) is 2. The number of aryl methyl sites for hydroxylation is 1. The zero-order chi connectivity index (χ0) is 17.7. The summed E-state index contributed by atoms with van der Waals surface area (Å²) in [4.78, 5) is 26.8. The molecule has 0 spiro atoms. The number of hydrogen-bond donors (Lipinski definition) is 1. The van der Waals surface area contributed by atoms with Gasteiger partial charge in [0.05, 0.1) is 21.8 Å². The van der Waals surface area contributed by atoms with Crippen LogP contribution in [0.4, 0.5) is 5.69 Å². The third kappa shape index (κ3) is 3.95. The van der Waals surface area contributed by atoms with Crippen LogP contribution in [0, 0.1) is 6.92 Å². The standard InChI is InChI=1S/C19H21ClN2O2/c1-4-22(5-2)19(24)15-8-6-7-9-17(15)21-18(23)14-11-10-13(3)12-16(14)20/h6-12H,4-5H2,1-3H3,(H,21,23). The van der Waals surface area contributed by atoms with Gasteiger partial charge in [-0.05, 0) is 50.6 Å². The Morgan fingerprint density at radius 2 is 1.71 bits per heavy atom. The second-order valence-electron chi connectivity index (χ2n) is 5.46. The molecule has 0 fully saturated rings. The molecular formula is C19H21ClN2O2. The second-order valence-corrected chi connectivity index (χ2v) is 5.87. The third-order valence-corrected chi connectivity index (χ3v) is 4.14. The minimum Gasteiger partial charge on any atom is -0.339 e. The first-order valence-electron chi connectivity index (χ1n) is 7.93. The Morgan fingerprint density at radius 3 is 2.33 bits per heavy atom.